The number of hydrogen-bond donors (Lipinski definition) is 2. The van der Waals surface area contributed by atoms with E-state index in [9.17, 15) is 5.11 Å². The van der Waals surface area contributed by atoms with Crippen LogP contribution >= 0.6 is 11.6 Å². The first-order valence-corrected chi connectivity index (χ1v) is 5.86. The molecule has 2 aromatic carbocycles. The molecule has 0 aliphatic heterocycles. The maximum Gasteiger partial charge on any atom is 0.123 e. The molecule has 0 heterocycles. The molecule has 17 heavy (non-hydrogen) atoms. The number of aromatic hydroxyl groups is 1. The van der Waals surface area contributed by atoms with Gasteiger partial charge in [-0.1, -0.05) is 35.9 Å². The molecule has 0 saturated heterocycles. The summed E-state index contributed by atoms with van der Waals surface area (Å²) in [6.45, 7) is 0.616. The van der Waals surface area contributed by atoms with Gasteiger partial charge in [0, 0.05) is 10.6 Å². The van der Waals surface area contributed by atoms with Crippen LogP contribution in [0.2, 0.25) is 5.02 Å². The van der Waals surface area contributed by atoms with Crippen molar-refractivity contribution in [2.45, 2.75) is 6.42 Å². The lowest BCUT2D eigenvalue weighted by atomic mass is 10.0. The average Bonchev–Trinajstić information content (AvgIpc) is 2.33. The van der Waals surface area contributed by atoms with Gasteiger partial charge < -0.3 is 10.8 Å². The van der Waals surface area contributed by atoms with Crippen molar-refractivity contribution in [2.24, 2.45) is 5.73 Å². The molecule has 0 bridgehead atoms. The molecule has 2 rings (SSSR count). The van der Waals surface area contributed by atoms with Crippen LogP contribution in [0.5, 0.6) is 5.75 Å². The van der Waals surface area contributed by atoms with Gasteiger partial charge in [0.05, 0.1) is 0 Å². The van der Waals surface area contributed by atoms with E-state index in [1.807, 2.05) is 24.3 Å². The first-order chi connectivity index (χ1) is 8.20. The van der Waals surface area contributed by atoms with Gasteiger partial charge in [0.1, 0.15) is 5.75 Å². The van der Waals surface area contributed by atoms with Crippen LogP contribution in [0.4, 0.5) is 0 Å². The highest BCUT2D eigenvalue weighted by Crippen LogP contribution is 2.31. The Morgan fingerprint density at radius 3 is 2.71 bits per heavy atom. The first-order valence-electron chi connectivity index (χ1n) is 5.48. The molecule has 0 aliphatic carbocycles. The summed E-state index contributed by atoms with van der Waals surface area (Å²) in [5.41, 5.74) is 8.39. The van der Waals surface area contributed by atoms with E-state index < -0.39 is 0 Å². The van der Waals surface area contributed by atoms with Crippen molar-refractivity contribution < 1.29 is 5.11 Å². The van der Waals surface area contributed by atoms with Crippen LogP contribution in [0.3, 0.4) is 0 Å². The van der Waals surface area contributed by atoms with Gasteiger partial charge in [0.15, 0.2) is 0 Å². The van der Waals surface area contributed by atoms with Gasteiger partial charge in [-0.05, 0) is 42.3 Å². The van der Waals surface area contributed by atoms with E-state index in [1.165, 1.54) is 0 Å². The van der Waals surface area contributed by atoms with Crippen molar-refractivity contribution in [3.05, 3.63) is 53.1 Å². The van der Waals surface area contributed by atoms with Crippen LogP contribution in [0.15, 0.2) is 42.5 Å². The lowest BCUT2D eigenvalue weighted by Gasteiger charge is -2.07. The molecular formula is C14H14ClNO. The van der Waals surface area contributed by atoms with Crippen molar-refractivity contribution in [2.75, 3.05) is 6.54 Å². The summed E-state index contributed by atoms with van der Waals surface area (Å²) in [5.74, 6) is 0.235. The molecule has 3 heteroatoms. The molecule has 0 fully saturated rings. The Hall–Kier alpha value is -1.51. The van der Waals surface area contributed by atoms with Crippen molar-refractivity contribution in [3.8, 4) is 16.9 Å². The summed E-state index contributed by atoms with van der Waals surface area (Å²) >= 11 is 5.94. The fraction of sp³-hybridized carbons (Fsp3) is 0.143. The van der Waals surface area contributed by atoms with Gasteiger partial charge in [0.2, 0.25) is 0 Å². The van der Waals surface area contributed by atoms with E-state index in [4.69, 9.17) is 17.3 Å². The first kappa shape index (κ1) is 12.0. The van der Waals surface area contributed by atoms with Gasteiger partial charge in [-0.25, -0.2) is 0 Å². The molecule has 88 valence electrons. The van der Waals surface area contributed by atoms with Crippen molar-refractivity contribution in [1.29, 1.82) is 0 Å². The molecular weight excluding hydrogens is 234 g/mol. The van der Waals surface area contributed by atoms with E-state index in [0.717, 1.165) is 23.1 Å². The Labute approximate surface area is 106 Å². The number of rotatable bonds is 3. The number of phenolic OH excluding ortho intramolecular Hbond substituents is 1. The third-order valence-electron chi connectivity index (χ3n) is 2.63. The zero-order chi connectivity index (χ0) is 12.3. The Kier molecular flexibility index (Phi) is 3.67. The molecule has 3 N–H and O–H groups in total. The summed E-state index contributed by atoms with van der Waals surface area (Å²) in [6.07, 6.45) is 0.829. The third-order valence-corrected chi connectivity index (χ3v) is 2.86. The SMILES string of the molecule is NCCc1cccc(-c2cc(Cl)ccc2O)c1. The Balaban J connectivity index is 2.45. The zero-order valence-corrected chi connectivity index (χ0v) is 10.1. The number of nitrogens with two attached hydrogens (primary N) is 1. The van der Waals surface area contributed by atoms with Crippen LogP contribution in [0.1, 0.15) is 5.56 Å². The minimum atomic E-state index is 0.235. The molecule has 0 saturated carbocycles. The maximum absolute atomic E-state index is 9.83. The summed E-state index contributed by atoms with van der Waals surface area (Å²) < 4.78 is 0. The lowest BCUT2D eigenvalue weighted by Crippen LogP contribution is -2.02. The van der Waals surface area contributed by atoms with Gasteiger partial charge in [-0.15, -0.1) is 0 Å². The van der Waals surface area contributed by atoms with Crippen LogP contribution in [0, 0.1) is 0 Å². The summed E-state index contributed by atoms with van der Waals surface area (Å²) in [5, 5.41) is 10.4. The molecule has 0 aliphatic rings. The third kappa shape index (κ3) is 2.78. The van der Waals surface area contributed by atoms with Crippen LogP contribution < -0.4 is 5.73 Å². The Bertz CT molecular complexity index is 525. The monoisotopic (exact) mass is 247 g/mol. The predicted molar refractivity (Wildman–Crippen MR) is 71.3 cm³/mol. The van der Waals surface area contributed by atoms with Crippen LogP contribution in [0.25, 0.3) is 11.1 Å². The fourth-order valence-corrected chi connectivity index (χ4v) is 1.97. The van der Waals surface area contributed by atoms with Gasteiger partial charge in [-0.2, -0.15) is 0 Å². The molecule has 0 aromatic heterocycles. The quantitative estimate of drug-likeness (QED) is 0.875. The predicted octanol–water partition coefficient (Wildman–Crippen LogP) is 3.21. The number of benzene rings is 2. The molecule has 0 atom stereocenters. The Morgan fingerprint density at radius 2 is 1.94 bits per heavy atom. The van der Waals surface area contributed by atoms with Crippen molar-refractivity contribution in [3.63, 3.8) is 0 Å². The highest BCUT2D eigenvalue weighted by atomic mass is 35.5. The van der Waals surface area contributed by atoms with E-state index >= 15 is 0 Å². The molecule has 2 aromatic rings. The van der Waals surface area contributed by atoms with Crippen molar-refractivity contribution >= 4 is 11.6 Å². The van der Waals surface area contributed by atoms with Gasteiger partial charge >= 0.3 is 0 Å². The maximum atomic E-state index is 9.83. The fourth-order valence-electron chi connectivity index (χ4n) is 1.80. The summed E-state index contributed by atoms with van der Waals surface area (Å²) in [7, 11) is 0. The van der Waals surface area contributed by atoms with E-state index in [2.05, 4.69) is 0 Å². The normalized spacial score (nSPS) is 10.5. The largest absolute Gasteiger partial charge is 0.507 e. The summed E-state index contributed by atoms with van der Waals surface area (Å²) in [6, 6.07) is 13.0. The molecule has 0 radical (unpaired) electrons. The van der Waals surface area contributed by atoms with Crippen LogP contribution in [-0.2, 0) is 6.42 Å². The standard InChI is InChI=1S/C14H14ClNO/c15-12-4-5-14(17)13(9-12)11-3-1-2-10(8-11)6-7-16/h1-5,8-9,17H,6-7,16H2. The minimum absolute atomic E-state index is 0.235. The van der Waals surface area contributed by atoms with E-state index in [-0.39, 0.29) is 5.75 Å². The highest BCUT2D eigenvalue weighted by Gasteiger charge is 2.05. The molecule has 2 nitrogen and oxygen atoms in total. The minimum Gasteiger partial charge on any atom is -0.507 e. The highest BCUT2D eigenvalue weighted by molar-refractivity contribution is 6.31. The second-order valence-corrected chi connectivity index (χ2v) is 4.34. The zero-order valence-electron chi connectivity index (χ0n) is 9.36. The van der Waals surface area contributed by atoms with Crippen molar-refractivity contribution in [1.82, 2.24) is 0 Å². The smallest absolute Gasteiger partial charge is 0.123 e. The molecule has 0 spiro atoms. The average molecular weight is 248 g/mol. The second kappa shape index (κ2) is 5.21. The lowest BCUT2D eigenvalue weighted by molar-refractivity contribution is 0.477. The number of phenols is 1. The number of hydrogen-bond acceptors (Lipinski definition) is 2. The van der Waals surface area contributed by atoms with Gasteiger partial charge in [0.25, 0.3) is 0 Å². The van der Waals surface area contributed by atoms with Crippen LogP contribution in [-0.4, -0.2) is 11.7 Å². The summed E-state index contributed by atoms with van der Waals surface area (Å²) in [4.78, 5) is 0. The topological polar surface area (TPSA) is 46.2 Å². The Morgan fingerprint density at radius 1 is 1.12 bits per heavy atom. The molecule has 0 amide bonds. The second-order valence-electron chi connectivity index (χ2n) is 3.90. The van der Waals surface area contributed by atoms with Gasteiger partial charge in [-0.3, -0.25) is 0 Å². The van der Waals surface area contributed by atoms with E-state index in [1.54, 1.807) is 18.2 Å². The molecule has 0 unspecified atom stereocenters. The number of halogens is 1. The van der Waals surface area contributed by atoms with E-state index in [0.29, 0.717) is 11.6 Å².